The summed E-state index contributed by atoms with van der Waals surface area (Å²) >= 11 is 0. The maximum Gasteiger partial charge on any atom is 0.276 e. The molecular weight excluding hydrogens is 320 g/mol. The second-order valence-corrected chi connectivity index (χ2v) is 6.55. The number of carbonyl (C=O) groups excluding carboxylic acids is 1. The van der Waals surface area contributed by atoms with E-state index in [1.807, 2.05) is 12.1 Å². The first-order valence-corrected chi connectivity index (χ1v) is 8.77. The molecule has 0 bridgehead atoms. The van der Waals surface area contributed by atoms with E-state index in [0.717, 1.165) is 37.8 Å². The van der Waals surface area contributed by atoms with E-state index in [4.69, 9.17) is 4.52 Å². The monoisotopic (exact) mass is 342 g/mol. The third-order valence-electron chi connectivity index (χ3n) is 4.80. The lowest BCUT2D eigenvalue weighted by Crippen LogP contribution is -2.49. The van der Waals surface area contributed by atoms with E-state index in [0.29, 0.717) is 24.5 Å². The Morgan fingerprint density at radius 2 is 1.56 bits per heavy atom. The molecule has 2 aromatic rings. The van der Waals surface area contributed by atoms with Gasteiger partial charge in [0.25, 0.3) is 5.91 Å². The molecule has 0 N–H and O–H groups in total. The Labute approximate surface area is 146 Å². The van der Waals surface area contributed by atoms with Crippen molar-refractivity contribution in [2.75, 3.05) is 49.1 Å². The SMILES string of the molecule is Cc1cc(C(=O)N2CCN(c3ccc(N4CCCC4)nn3)CC2)no1. The predicted molar refractivity (Wildman–Crippen MR) is 92.8 cm³/mol. The maximum absolute atomic E-state index is 12.4. The van der Waals surface area contributed by atoms with Crippen LogP contribution >= 0.6 is 0 Å². The summed E-state index contributed by atoms with van der Waals surface area (Å²) in [6.45, 7) is 6.67. The van der Waals surface area contributed by atoms with Gasteiger partial charge in [0.1, 0.15) is 5.76 Å². The number of carbonyl (C=O) groups is 1. The molecule has 2 fully saturated rings. The molecule has 25 heavy (non-hydrogen) atoms. The molecule has 0 aromatic carbocycles. The summed E-state index contributed by atoms with van der Waals surface area (Å²) in [7, 11) is 0. The zero-order valence-electron chi connectivity index (χ0n) is 14.4. The number of nitrogens with zero attached hydrogens (tertiary/aromatic N) is 6. The lowest BCUT2D eigenvalue weighted by Gasteiger charge is -2.34. The summed E-state index contributed by atoms with van der Waals surface area (Å²) in [5.41, 5.74) is 0.376. The van der Waals surface area contributed by atoms with E-state index in [1.165, 1.54) is 12.8 Å². The second kappa shape index (κ2) is 6.70. The Morgan fingerprint density at radius 1 is 0.960 bits per heavy atom. The normalized spacial score (nSPS) is 18.0. The number of aromatic nitrogens is 3. The Morgan fingerprint density at radius 3 is 2.08 bits per heavy atom. The van der Waals surface area contributed by atoms with Crippen molar-refractivity contribution in [1.82, 2.24) is 20.3 Å². The van der Waals surface area contributed by atoms with Gasteiger partial charge in [0, 0.05) is 45.3 Å². The third kappa shape index (κ3) is 3.29. The Kier molecular flexibility index (Phi) is 4.25. The van der Waals surface area contributed by atoms with E-state index in [1.54, 1.807) is 17.9 Å². The van der Waals surface area contributed by atoms with Gasteiger partial charge in [-0.15, -0.1) is 10.2 Å². The number of hydrogen-bond donors (Lipinski definition) is 0. The fraction of sp³-hybridized carbons (Fsp3) is 0.529. The minimum Gasteiger partial charge on any atom is -0.361 e. The molecule has 2 aliphatic rings. The van der Waals surface area contributed by atoms with Crippen LogP contribution in [-0.4, -0.2) is 65.4 Å². The van der Waals surface area contributed by atoms with Crippen LogP contribution in [0.15, 0.2) is 22.7 Å². The lowest BCUT2D eigenvalue weighted by atomic mass is 10.2. The van der Waals surface area contributed by atoms with Gasteiger partial charge in [-0.3, -0.25) is 4.79 Å². The van der Waals surface area contributed by atoms with Crippen molar-refractivity contribution < 1.29 is 9.32 Å². The Balaban J connectivity index is 1.36. The topological polar surface area (TPSA) is 78.6 Å². The molecule has 1 amide bonds. The second-order valence-electron chi connectivity index (χ2n) is 6.55. The predicted octanol–water partition coefficient (Wildman–Crippen LogP) is 1.34. The largest absolute Gasteiger partial charge is 0.361 e. The lowest BCUT2D eigenvalue weighted by molar-refractivity contribution is 0.0736. The number of piperazine rings is 1. The van der Waals surface area contributed by atoms with E-state index in [-0.39, 0.29) is 5.91 Å². The first kappa shape index (κ1) is 15.9. The van der Waals surface area contributed by atoms with Gasteiger partial charge in [0.15, 0.2) is 17.3 Å². The first-order valence-electron chi connectivity index (χ1n) is 8.77. The number of amides is 1. The average molecular weight is 342 g/mol. The van der Waals surface area contributed by atoms with Crippen LogP contribution in [0, 0.1) is 6.92 Å². The Hall–Kier alpha value is -2.64. The van der Waals surface area contributed by atoms with Crippen molar-refractivity contribution in [3.05, 3.63) is 29.7 Å². The van der Waals surface area contributed by atoms with Crippen molar-refractivity contribution in [3.63, 3.8) is 0 Å². The molecular formula is C17H22N6O2. The number of hydrogen-bond acceptors (Lipinski definition) is 7. The molecule has 0 radical (unpaired) electrons. The quantitative estimate of drug-likeness (QED) is 0.833. The van der Waals surface area contributed by atoms with Gasteiger partial charge in [-0.25, -0.2) is 0 Å². The van der Waals surface area contributed by atoms with Crippen LogP contribution in [0.3, 0.4) is 0 Å². The van der Waals surface area contributed by atoms with Gasteiger partial charge in [-0.2, -0.15) is 0 Å². The molecule has 8 nitrogen and oxygen atoms in total. The molecule has 0 atom stereocenters. The highest BCUT2D eigenvalue weighted by molar-refractivity contribution is 5.92. The fourth-order valence-electron chi connectivity index (χ4n) is 3.37. The van der Waals surface area contributed by atoms with Crippen LogP contribution in [0.5, 0.6) is 0 Å². The summed E-state index contributed by atoms with van der Waals surface area (Å²) in [5, 5.41) is 12.6. The smallest absolute Gasteiger partial charge is 0.276 e. The summed E-state index contributed by atoms with van der Waals surface area (Å²) in [4.78, 5) is 18.6. The zero-order chi connectivity index (χ0) is 17.2. The molecule has 4 heterocycles. The Bertz CT molecular complexity index is 730. The molecule has 132 valence electrons. The van der Waals surface area contributed by atoms with Crippen LogP contribution in [0.2, 0.25) is 0 Å². The third-order valence-corrected chi connectivity index (χ3v) is 4.80. The minimum atomic E-state index is -0.0769. The zero-order valence-corrected chi connectivity index (χ0v) is 14.4. The molecule has 2 saturated heterocycles. The van der Waals surface area contributed by atoms with Gasteiger partial charge in [-0.05, 0) is 31.9 Å². The molecule has 0 saturated carbocycles. The van der Waals surface area contributed by atoms with Crippen molar-refractivity contribution >= 4 is 17.5 Å². The summed E-state index contributed by atoms with van der Waals surface area (Å²) in [6, 6.07) is 5.75. The van der Waals surface area contributed by atoms with Crippen molar-refractivity contribution in [3.8, 4) is 0 Å². The summed E-state index contributed by atoms with van der Waals surface area (Å²) in [5.74, 6) is 2.39. The van der Waals surface area contributed by atoms with Crippen LogP contribution in [0.1, 0.15) is 29.1 Å². The van der Waals surface area contributed by atoms with E-state index in [9.17, 15) is 4.79 Å². The maximum atomic E-state index is 12.4. The van der Waals surface area contributed by atoms with Crippen LogP contribution in [0.25, 0.3) is 0 Å². The van der Waals surface area contributed by atoms with Gasteiger partial charge in [0.05, 0.1) is 0 Å². The van der Waals surface area contributed by atoms with Gasteiger partial charge in [0.2, 0.25) is 0 Å². The highest BCUT2D eigenvalue weighted by atomic mass is 16.5. The molecule has 4 rings (SSSR count). The van der Waals surface area contributed by atoms with Crippen molar-refractivity contribution in [2.45, 2.75) is 19.8 Å². The molecule has 2 aliphatic heterocycles. The van der Waals surface area contributed by atoms with Gasteiger partial charge < -0.3 is 19.2 Å². The molecule has 8 heteroatoms. The minimum absolute atomic E-state index is 0.0769. The molecule has 0 spiro atoms. The van der Waals surface area contributed by atoms with E-state index in [2.05, 4.69) is 25.2 Å². The van der Waals surface area contributed by atoms with E-state index >= 15 is 0 Å². The van der Waals surface area contributed by atoms with Gasteiger partial charge in [-0.1, -0.05) is 5.16 Å². The number of aryl methyl sites for hydroxylation is 1. The summed E-state index contributed by atoms with van der Waals surface area (Å²) in [6.07, 6.45) is 2.45. The molecule has 2 aromatic heterocycles. The van der Waals surface area contributed by atoms with Crippen LogP contribution in [-0.2, 0) is 0 Å². The fourth-order valence-corrected chi connectivity index (χ4v) is 3.37. The first-order chi connectivity index (χ1) is 12.2. The highest BCUT2D eigenvalue weighted by Crippen LogP contribution is 2.20. The average Bonchev–Trinajstić information content (AvgIpc) is 3.33. The highest BCUT2D eigenvalue weighted by Gasteiger charge is 2.25. The van der Waals surface area contributed by atoms with Crippen LogP contribution in [0.4, 0.5) is 11.6 Å². The summed E-state index contributed by atoms with van der Waals surface area (Å²) < 4.78 is 4.99. The molecule has 0 aliphatic carbocycles. The van der Waals surface area contributed by atoms with Crippen LogP contribution < -0.4 is 9.80 Å². The van der Waals surface area contributed by atoms with Crippen molar-refractivity contribution in [1.29, 1.82) is 0 Å². The van der Waals surface area contributed by atoms with Crippen molar-refractivity contribution in [2.24, 2.45) is 0 Å². The van der Waals surface area contributed by atoms with E-state index < -0.39 is 0 Å². The molecule has 0 unspecified atom stereocenters. The van der Waals surface area contributed by atoms with Gasteiger partial charge >= 0.3 is 0 Å². The number of anilines is 2. The standard InChI is InChI=1S/C17H22N6O2/c1-13-12-14(20-25-13)17(24)23-10-8-22(9-11-23)16-5-4-15(18-19-16)21-6-2-3-7-21/h4-5,12H,2-3,6-11H2,1H3. The number of rotatable bonds is 3.